The van der Waals surface area contributed by atoms with E-state index in [0.29, 0.717) is 23.0 Å². The number of nitriles is 1. The van der Waals surface area contributed by atoms with E-state index < -0.39 is 0 Å². The summed E-state index contributed by atoms with van der Waals surface area (Å²) in [5.74, 6) is 0.679. The van der Waals surface area contributed by atoms with Crippen molar-refractivity contribution in [3.8, 4) is 11.8 Å². The summed E-state index contributed by atoms with van der Waals surface area (Å²) < 4.78 is 7.79. The van der Waals surface area contributed by atoms with Gasteiger partial charge in [0.2, 0.25) is 0 Å². The van der Waals surface area contributed by atoms with E-state index in [9.17, 15) is 5.26 Å². The quantitative estimate of drug-likeness (QED) is 0.255. The van der Waals surface area contributed by atoms with Crippen molar-refractivity contribution in [2.45, 2.75) is 13.5 Å². The van der Waals surface area contributed by atoms with Gasteiger partial charge in [0, 0.05) is 15.1 Å². The van der Waals surface area contributed by atoms with Crippen LogP contribution >= 0.6 is 43.5 Å². The molecule has 0 aliphatic carbocycles. The monoisotopic (exact) mass is 515 g/mol. The highest BCUT2D eigenvalue weighted by Gasteiger charge is 2.11. The van der Waals surface area contributed by atoms with Crippen LogP contribution in [0.5, 0.6) is 5.75 Å². The first-order valence-electron chi connectivity index (χ1n) is 8.51. The molecule has 3 aromatic carbocycles. The van der Waals surface area contributed by atoms with Crippen molar-refractivity contribution >= 4 is 55.1 Å². The van der Waals surface area contributed by atoms with Gasteiger partial charge in [0.1, 0.15) is 12.4 Å². The molecule has 28 heavy (non-hydrogen) atoms. The molecule has 0 aromatic heterocycles. The number of benzene rings is 3. The molecular weight excluding hydrogens is 502 g/mol. The predicted molar refractivity (Wildman–Crippen MR) is 122 cm³/mol. The Bertz CT molecular complexity index is 1050. The summed E-state index contributed by atoms with van der Waals surface area (Å²) in [5, 5.41) is 10.4. The Morgan fingerprint density at radius 2 is 1.75 bits per heavy atom. The molecule has 3 aromatic rings. The van der Waals surface area contributed by atoms with Crippen molar-refractivity contribution in [1.29, 1.82) is 5.26 Å². The molecule has 5 heteroatoms. The second-order valence-corrected chi connectivity index (χ2v) is 8.46. The van der Waals surface area contributed by atoms with Gasteiger partial charge < -0.3 is 4.74 Å². The molecule has 0 unspecified atom stereocenters. The van der Waals surface area contributed by atoms with Crippen LogP contribution < -0.4 is 4.74 Å². The third-order valence-corrected chi connectivity index (χ3v) is 5.42. The van der Waals surface area contributed by atoms with E-state index in [2.05, 4.69) is 37.9 Å². The fourth-order valence-corrected chi connectivity index (χ4v) is 4.14. The molecule has 0 heterocycles. The van der Waals surface area contributed by atoms with Gasteiger partial charge in [-0.1, -0.05) is 69.5 Å². The average molecular weight is 518 g/mol. The summed E-state index contributed by atoms with van der Waals surface area (Å²) in [7, 11) is 0. The summed E-state index contributed by atoms with van der Waals surface area (Å²) in [5.41, 5.74) is 4.41. The smallest absolute Gasteiger partial charge is 0.141 e. The zero-order valence-electron chi connectivity index (χ0n) is 15.0. The topological polar surface area (TPSA) is 33.0 Å². The van der Waals surface area contributed by atoms with Crippen LogP contribution in [0.1, 0.15) is 22.3 Å². The predicted octanol–water partition coefficient (Wildman–Crippen LogP) is 7.82. The minimum Gasteiger partial charge on any atom is -0.487 e. The Labute approximate surface area is 186 Å². The molecule has 0 N–H and O–H groups in total. The second kappa shape index (κ2) is 9.43. The molecule has 0 fully saturated rings. The zero-order chi connectivity index (χ0) is 20.1. The Morgan fingerprint density at radius 3 is 2.39 bits per heavy atom. The highest BCUT2D eigenvalue weighted by molar-refractivity contribution is 9.11. The lowest BCUT2D eigenvalue weighted by atomic mass is 10.0. The van der Waals surface area contributed by atoms with E-state index in [0.717, 1.165) is 31.2 Å². The van der Waals surface area contributed by atoms with Gasteiger partial charge in [-0.2, -0.15) is 5.26 Å². The van der Waals surface area contributed by atoms with Crippen molar-refractivity contribution in [1.82, 2.24) is 0 Å². The molecule has 0 atom stereocenters. The van der Waals surface area contributed by atoms with Crippen LogP contribution in [-0.4, -0.2) is 0 Å². The maximum Gasteiger partial charge on any atom is 0.141 e. The standard InChI is InChI=1S/C23H16Br2ClNO/c1-15-2-6-17(7-3-15)19(13-27)10-18-11-20(24)12-22(25)23(18)28-14-16-4-8-21(26)9-5-16/h2-12H,14H2,1H3/b19-10+. The van der Waals surface area contributed by atoms with Gasteiger partial charge in [-0.05, 0) is 64.3 Å². The lowest BCUT2D eigenvalue weighted by molar-refractivity contribution is 0.303. The molecule has 0 spiro atoms. The maximum atomic E-state index is 9.68. The fraction of sp³-hybridized carbons (Fsp3) is 0.0870. The number of halogens is 3. The largest absolute Gasteiger partial charge is 0.487 e. The molecule has 3 rings (SSSR count). The van der Waals surface area contributed by atoms with E-state index in [1.807, 2.05) is 73.7 Å². The van der Waals surface area contributed by atoms with Gasteiger partial charge in [0.25, 0.3) is 0 Å². The van der Waals surface area contributed by atoms with Crippen molar-refractivity contribution in [2.75, 3.05) is 0 Å². The van der Waals surface area contributed by atoms with E-state index >= 15 is 0 Å². The van der Waals surface area contributed by atoms with Crippen molar-refractivity contribution < 1.29 is 4.74 Å². The molecule has 0 saturated carbocycles. The summed E-state index contributed by atoms with van der Waals surface area (Å²) in [6.07, 6.45) is 1.84. The molecule has 0 saturated heterocycles. The first-order valence-corrected chi connectivity index (χ1v) is 10.5. The molecule has 0 aliphatic rings. The maximum absolute atomic E-state index is 9.68. The van der Waals surface area contributed by atoms with Crippen LogP contribution in [0.4, 0.5) is 0 Å². The van der Waals surface area contributed by atoms with E-state index in [1.54, 1.807) is 0 Å². The Balaban J connectivity index is 1.96. The van der Waals surface area contributed by atoms with Crippen molar-refractivity contribution in [3.63, 3.8) is 0 Å². The van der Waals surface area contributed by atoms with Crippen LogP contribution in [0.15, 0.2) is 69.6 Å². The first kappa shape index (κ1) is 20.7. The van der Waals surface area contributed by atoms with Crippen LogP contribution in [0.3, 0.4) is 0 Å². The Morgan fingerprint density at radius 1 is 1.07 bits per heavy atom. The number of hydrogen-bond donors (Lipinski definition) is 0. The zero-order valence-corrected chi connectivity index (χ0v) is 19.0. The van der Waals surface area contributed by atoms with Gasteiger partial charge in [-0.25, -0.2) is 0 Å². The molecule has 140 valence electrons. The van der Waals surface area contributed by atoms with Crippen molar-refractivity contribution in [2.24, 2.45) is 0 Å². The van der Waals surface area contributed by atoms with Crippen LogP contribution in [0, 0.1) is 18.3 Å². The van der Waals surface area contributed by atoms with Crippen LogP contribution in [-0.2, 0) is 6.61 Å². The third-order valence-electron chi connectivity index (χ3n) is 4.12. The number of rotatable bonds is 5. The average Bonchev–Trinajstić information content (AvgIpc) is 2.67. The minimum absolute atomic E-state index is 0.394. The SMILES string of the molecule is Cc1ccc(/C(C#N)=C/c2cc(Br)cc(Br)c2OCc2ccc(Cl)cc2)cc1. The Hall–Kier alpha value is -2.06. The number of nitrogens with zero attached hydrogens (tertiary/aromatic N) is 1. The molecule has 0 radical (unpaired) electrons. The molecule has 0 bridgehead atoms. The van der Waals surface area contributed by atoms with E-state index in [-0.39, 0.29) is 0 Å². The number of ether oxygens (including phenoxy) is 1. The summed E-state index contributed by atoms with van der Waals surface area (Å²) in [6.45, 7) is 2.42. The van der Waals surface area contributed by atoms with Gasteiger partial charge in [0.15, 0.2) is 0 Å². The van der Waals surface area contributed by atoms with Gasteiger partial charge in [-0.15, -0.1) is 0 Å². The molecule has 2 nitrogen and oxygen atoms in total. The number of aryl methyl sites for hydroxylation is 1. The molecule has 0 aliphatic heterocycles. The normalized spacial score (nSPS) is 11.2. The minimum atomic E-state index is 0.394. The summed E-state index contributed by atoms with van der Waals surface area (Å²) in [6, 6.07) is 21.6. The van der Waals surface area contributed by atoms with Crippen molar-refractivity contribution in [3.05, 3.63) is 96.9 Å². The van der Waals surface area contributed by atoms with E-state index in [1.165, 1.54) is 0 Å². The summed E-state index contributed by atoms with van der Waals surface area (Å²) in [4.78, 5) is 0. The Kier molecular flexibility index (Phi) is 6.96. The van der Waals surface area contributed by atoms with Crippen LogP contribution in [0.25, 0.3) is 11.6 Å². The highest BCUT2D eigenvalue weighted by Crippen LogP contribution is 2.36. The summed E-state index contributed by atoms with van der Waals surface area (Å²) >= 11 is 13.0. The first-order chi connectivity index (χ1) is 13.5. The van der Waals surface area contributed by atoms with E-state index in [4.69, 9.17) is 16.3 Å². The van der Waals surface area contributed by atoms with Gasteiger partial charge >= 0.3 is 0 Å². The van der Waals surface area contributed by atoms with Gasteiger partial charge in [-0.3, -0.25) is 0 Å². The lowest BCUT2D eigenvalue weighted by Crippen LogP contribution is -1.98. The highest BCUT2D eigenvalue weighted by atomic mass is 79.9. The number of hydrogen-bond acceptors (Lipinski definition) is 2. The second-order valence-electron chi connectivity index (χ2n) is 6.26. The fourth-order valence-electron chi connectivity index (χ4n) is 2.64. The third kappa shape index (κ3) is 5.26. The molecule has 0 amide bonds. The number of allylic oxidation sites excluding steroid dienone is 1. The lowest BCUT2D eigenvalue weighted by Gasteiger charge is -2.13. The molecular formula is C23H16Br2ClNO. The van der Waals surface area contributed by atoms with Crippen LogP contribution in [0.2, 0.25) is 5.02 Å². The van der Waals surface area contributed by atoms with Gasteiger partial charge in [0.05, 0.1) is 16.1 Å².